The topological polar surface area (TPSA) is 78.4 Å². The minimum Gasteiger partial charge on any atom is -0.393 e. The van der Waals surface area contributed by atoms with Gasteiger partial charge in [-0.1, -0.05) is 33.6 Å². The molecule has 0 bridgehead atoms. The Bertz CT molecular complexity index is 323. The van der Waals surface area contributed by atoms with Crippen LogP contribution in [0.25, 0.3) is 0 Å². The van der Waals surface area contributed by atoms with Gasteiger partial charge in [-0.05, 0) is 12.8 Å². The number of hydrogen-bond acceptors (Lipinski definition) is 3. The quantitative estimate of drug-likeness (QED) is 0.707. The van der Waals surface area contributed by atoms with E-state index in [9.17, 15) is 14.7 Å². The number of carbonyl (C=O) groups is 2. The standard InChI is InChI=1S/C14H26N2O3/c1-14(2,3)13(19)16-9-12(18)15-8-10-6-4-5-7-11(10)17/h10-11,17H,4-9H2,1-3H3,(H,15,18)(H,16,19). The maximum atomic E-state index is 11.6. The number of hydrogen-bond donors (Lipinski definition) is 3. The summed E-state index contributed by atoms with van der Waals surface area (Å²) in [5.74, 6) is -0.188. The molecule has 0 aromatic carbocycles. The average Bonchev–Trinajstić information content (AvgIpc) is 2.33. The van der Waals surface area contributed by atoms with E-state index in [-0.39, 0.29) is 30.4 Å². The van der Waals surface area contributed by atoms with Crippen molar-refractivity contribution in [2.45, 2.75) is 52.6 Å². The van der Waals surface area contributed by atoms with Crippen molar-refractivity contribution < 1.29 is 14.7 Å². The van der Waals surface area contributed by atoms with Crippen LogP contribution < -0.4 is 10.6 Å². The highest BCUT2D eigenvalue weighted by molar-refractivity contribution is 5.87. The Hall–Kier alpha value is -1.10. The highest BCUT2D eigenvalue weighted by atomic mass is 16.3. The summed E-state index contributed by atoms with van der Waals surface area (Å²) in [7, 11) is 0. The molecule has 5 heteroatoms. The minimum absolute atomic E-state index is 0.00107. The van der Waals surface area contributed by atoms with E-state index >= 15 is 0 Å². The van der Waals surface area contributed by atoms with Crippen molar-refractivity contribution in [3.63, 3.8) is 0 Å². The van der Waals surface area contributed by atoms with Crippen molar-refractivity contribution in [2.24, 2.45) is 11.3 Å². The molecule has 1 fully saturated rings. The van der Waals surface area contributed by atoms with Crippen LogP contribution in [0.2, 0.25) is 0 Å². The summed E-state index contributed by atoms with van der Waals surface area (Å²) in [5, 5.41) is 15.2. The third-order valence-electron chi connectivity index (χ3n) is 3.52. The van der Waals surface area contributed by atoms with Gasteiger partial charge in [0.2, 0.25) is 11.8 Å². The van der Waals surface area contributed by atoms with Gasteiger partial charge in [0.05, 0.1) is 12.6 Å². The van der Waals surface area contributed by atoms with Gasteiger partial charge in [0.1, 0.15) is 0 Å². The van der Waals surface area contributed by atoms with Crippen LogP contribution in [0.1, 0.15) is 46.5 Å². The van der Waals surface area contributed by atoms with E-state index in [2.05, 4.69) is 10.6 Å². The third-order valence-corrected chi connectivity index (χ3v) is 3.52. The second-order valence-corrected chi connectivity index (χ2v) is 6.35. The second kappa shape index (κ2) is 6.89. The Morgan fingerprint density at radius 2 is 1.79 bits per heavy atom. The number of aliphatic hydroxyl groups is 1. The van der Waals surface area contributed by atoms with E-state index < -0.39 is 5.41 Å². The lowest BCUT2D eigenvalue weighted by Crippen LogP contribution is -2.44. The molecule has 1 saturated carbocycles. The molecule has 2 unspecified atom stereocenters. The Morgan fingerprint density at radius 3 is 2.37 bits per heavy atom. The van der Waals surface area contributed by atoms with E-state index in [1.165, 1.54) is 0 Å². The molecule has 0 aliphatic heterocycles. The van der Waals surface area contributed by atoms with Gasteiger partial charge >= 0.3 is 0 Å². The van der Waals surface area contributed by atoms with Gasteiger partial charge in [-0.25, -0.2) is 0 Å². The molecule has 19 heavy (non-hydrogen) atoms. The maximum Gasteiger partial charge on any atom is 0.239 e. The Labute approximate surface area is 115 Å². The molecule has 0 aromatic rings. The van der Waals surface area contributed by atoms with Crippen molar-refractivity contribution in [1.82, 2.24) is 10.6 Å². The van der Waals surface area contributed by atoms with Crippen LogP contribution in [-0.4, -0.2) is 36.1 Å². The first-order chi connectivity index (χ1) is 8.80. The summed E-state index contributed by atoms with van der Waals surface area (Å²) in [6.07, 6.45) is 3.64. The van der Waals surface area contributed by atoms with Gasteiger partial charge in [-0.3, -0.25) is 9.59 Å². The molecule has 0 spiro atoms. The molecular formula is C14H26N2O3. The van der Waals surface area contributed by atoms with Gasteiger partial charge in [0, 0.05) is 17.9 Å². The first-order valence-corrected chi connectivity index (χ1v) is 7.04. The first kappa shape index (κ1) is 16.0. The van der Waals surface area contributed by atoms with Gasteiger partial charge in [0.15, 0.2) is 0 Å². The van der Waals surface area contributed by atoms with Crippen LogP contribution in [0.4, 0.5) is 0 Å². The van der Waals surface area contributed by atoms with Crippen LogP contribution in [0.3, 0.4) is 0 Å². The van der Waals surface area contributed by atoms with Crippen LogP contribution in [0.5, 0.6) is 0 Å². The maximum absolute atomic E-state index is 11.6. The third kappa shape index (κ3) is 5.59. The summed E-state index contributed by atoms with van der Waals surface area (Å²) < 4.78 is 0. The van der Waals surface area contributed by atoms with Crippen molar-refractivity contribution in [2.75, 3.05) is 13.1 Å². The van der Waals surface area contributed by atoms with Gasteiger partial charge in [-0.2, -0.15) is 0 Å². The average molecular weight is 270 g/mol. The molecule has 3 N–H and O–H groups in total. The predicted molar refractivity (Wildman–Crippen MR) is 73.4 cm³/mol. The molecule has 0 aromatic heterocycles. The SMILES string of the molecule is CC(C)(C)C(=O)NCC(=O)NCC1CCCCC1O. The fourth-order valence-corrected chi connectivity index (χ4v) is 2.16. The second-order valence-electron chi connectivity index (χ2n) is 6.35. The summed E-state index contributed by atoms with van der Waals surface area (Å²) in [4.78, 5) is 23.2. The molecule has 2 atom stereocenters. The molecule has 0 heterocycles. The Balaban J connectivity index is 2.23. The Morgan fingerprint density at radius 1 is 1.16 bits per heavy atom. The van der Waals surface area contributed by atoms with Crippen LogP contribution in [0, 0.1) is 11.3 Å². The monoisotopic (exact) mass is 270 g/mol. The predicted octanol–water partition coefficient (Wildman–Crippen LogP) is 0.816. The molecule has 1 aliphatic carbocycles. The molecule has 110 valence electrons. The van der Waals surface area contributed by atoms with Crippen molar-refractivity contribution in [3.05, 3.63) is 0 Å². The van der Waals surface area contributed by atoms with Crippen molar-refractivity contribution in [3.8, 4) is 0 Å². The van der Waals surface area contributed by atoms with E-state index in [0.717, 1.165) is 25.7 Å². The molecule has 1 rings (SSSR count). The van der Waals surface area contributed by atoms with Gasteiger partial charge in [-0.15, -0.1) is 0 Å². The molecular weight excluding hydrogens is 244 g/mol. The van der Waals surface area contributed by atoms with Gasteiger partial charge < -0.3 is 15.7 Å². The van der Waals surface area contributed by atoms with E-state index in [4.69, 9.17) is 0 Å². The van der Waals surface area contributed by atoms with Crippen LogP contribution >= 0.6 is 0 Å². The number of amides is 2. The number of carbonyl (C=O) groups excluding carboxylic acids is 2. The van der Waals surface area contributed by atoms with Crippen LogP contribution in [0.15, 0.2) is 0 Å². The number of aliphatic hydroxyl groups excluding tert-OH is 1. The molecule has 1 aliphatic rings. The zero-order chi connectivity index (χ0) is 14.5. The first-order valence-electron chi connectivity index (χ1n) is 7.04. The fourth-order valence-electron chi connectivity index (χ4n) is 2.16. The van der Waals surface area contributed by atoms with Gasteiger partial charge in [0.25, 0.3) is 0 Å². The van der Waals surface area contributed by atoms with Crippen LogP contribution in [-0.2, 0) is 9.59 Å². The zero-order valence-electron chi connectivity index (χ0n) is 12.2. The summed E-state index contributed by atoms with van der Waals surface area (Å²) in [6, 6.07) is 0. The highest BCUT2D eigenvalue weighted by Gasteiger charge is 2.24. The zero-order valence-corrected chi connectivity index (χ0v) is 12.2. The smallest absolute Gasteiger partial charge is 0.239 e. The molecule has 0 radical (unpaired) electrons. The molecule has 2 amide bonds. The Kier molecular flexibility index (Phi) is 5.79. The van der Waals surface area contributed by atoms with E-state index in [1.807, 2.05) is 0 Å². The lowest BCUT2D eigenvalue weighted by molar-refractivity contribution is -0.131. The molecule has 5 nitrogen and oxygen atoms in total. The van der Waals surface area contributed by atoms with Crippen molar-refractivity contribution in [1.29, 1.82) is 0 Å². The van der Waals surface area contributed by atoms with E-state index in [1.54, 1.807) is 20.8 Å². The number of nitrogens with one attached hydrogen (secondary N) is 2. The normalized spacial score (nSPS) is 23.8. The van der Waals surface area contributed by atoms with Crippen molar-refractivity contribution >= 4 is 11.8 Å². The summed E-state index contributed by atoms with van der Waals surface area (Å²) >= 11 is 0. The summed E-state index contributed by atoms with van der Waals surface area (Å²) in [6.45, 7) is 5.90. The minimum atomic E-state index is -0.486. The highest BCUT2D eigenvalue weighted by Crippen LogP contribution is 2.23. The summed E-state index contributed by atoms with van der Waals surface area (Å²) in [5.41, 5.74) is -0.486. The molecule has 0 saturated heterocycles. The lowest BCUT2D eigenvalue weighted by Gasteiger charge is -2.27. The van der Waals surface area contributed by atoms with E-state index in [0.29, 0.717) is 6.54 Å². The largest absolute Gasteiger partial charge is 0.393 e. The lowest BCUT2D eigenvalue weighted by atomic mass is 9.86. The number of rotatable bonds is 4. The fraction of sp³-hybridized carbons (Fsp3) is 0.857.